The molecule has 1 aliphatic heterocycles. The standard InChI is InChI=1S/C14H17F2NO3/c1-19-10-5-11(15)13(12(16)6-10)14(18)17-7-9-3-2-4-20-8-9/h5-6,9H,2-4,7-8H2,1H3,(H,17,18)/t9-/m0/s1. The molecule has 0 aromatic heterocycles. The molecule has 0 bridgehead atoms. The van der Waals surface area contributed by atoms with Crippen molar-refractivity contribution in [1.29, 1.82) is 0 Å². The van der Waals surface area contributed by atoms with E-state index in [0.29, 0.717) is 13.2 Å². The number of benzene rings is 1. The molecule has 0 spiro atoms. The molecule has 1 aromatic carbocycles. The summed E-state index contributed by atoms with van der Waals surface area (Å²) >= 11 is 0. The first kappa shape index (κ1) is 14.7. The molecule has 110 valence electrons. The molecule has 0 aliphatic carbocycles. The van der Waals surface area contributed by atoms with Crippen LogP contribution in [0, 0.1) is 17.6 Å². The summed E-state index contributed by atoms with van der Waals surface area (Å²) in [5, 5.41) is 2.55. The Kier molecular flexibility index (Phi) is 4.89. The zero-order valence-corrected chi connectivity index (χ0v) is 11.2. The molecule has 6 heteroatoms. The van der Waals surface area contributed by atoms with Crippen molar-refractivity contribution in [3.05, 3.63) is 29.3 Å². The van der Waals surface area contributed by atoms with E-state index in [2.05, 4.69) is 5.32 Å². The third-order valence-corrected chi connectivity index (χ3v) is 3.28. The number of halogens is 2. The summed E-state index contributed by atoms with van der Waals surface area (Å²) in [6, 6.07) is 1.98. The van der Waals surface area contributed by atoms with Gasteiger partial charge in [0.1, 0.15) is 22.9 Å². The van der Waals surface area contributed by atoms with Crippen molar-refractivity contribution in [1.82, 2.24) is 5.32 Å². The van der Waals surface area contributed by atoms with E-state index < -0.39 is 23.1 Å². The molecular weight excluding hydrogens is 268 g/mol. The number of hydrogen-bond acceptors (Lipinski definition) is 3. The molecule has 0 unspecified atom stereocenters. The van der Waals surface area contributed by atoms with Crippen LogP contribution in [0.5, 0.6) is 5.75 Å². The van der Waals surface area contributed by atoms with Crippen molar-refractivity contribution in [2.45, 2.75) is 12.8 Å². The predicted octanol–water partition coefficient (Wildman–Crippen LogP) is 2.13. The third-order valence-electron chi connectivity index (χ3n) is 3.28. The van der Waals surface area contributed by atoms with Crippen LogP contribution in [-0.4, -0.2) is 32.8 Å². The van der Waals surface area contributed by atoms with Gasteiger partial charge in [0.15, 0.2) is 0 Å². The van der Waals surface area contributed by atoms with E-state index in [1.165, 1.54) is 7.11 Å². The van der Waals surface area contributed by atoms with Crippen molar-refractivity contribution >= 4 is 5.91 Å². The number of amides is 1. The lowest BCUT2D eigenvalue weighted by Crippen LogP contribution is -2.34. The van der Waals surface area contributed by atoms with Crippen LogP contribution >= 0.6 is 0 Å². The Morgan fingerprint density at radius 2 is 2.15 bits per heavy atom. The lowest BCUT2D eigenvalue weighted by molar-refractivity contribution is 0.0535. The van der Waals surface area contributed by atoms with Gasteiger partial charge in [-0.15, -0.1) is 0 Å². The molecule has 1 fully saturated rings. The van der Waals surface area contributed by atoms with E-state index in [9.17, 15) is 13.6 Å². The van der Waals surface area contributed by atoms with Crippen molar-refractivity contribution in [2.24, 2.45) is 5.92 Å². The average molecular weight is 285 g/mol. The number of methoxy groups -OCH3 is 1. The summed E-state index contributed by atoms with van der Waals surface area (Å²) in [6.45, 7) is 1.64. The Hall–Kier alpha value is -1.69. The van der Waals surface area contributed by atoms with E-state index in [4.69, 9.17) is 9.47 Å². The van der Waals surface area contributed by atoms with Crippen LogP contribution < -0.4 is 10.1 Å². The zero-order chi connectivity index (χ0) is 14.5. The van der Waals surface area contributed by atoms with Gasteiger partial charge in [-0.2, -0.15) is 0 Å². The first-order valence-electron chi connectivity index (χ1n) is 6.50. The van der Waals surface area contributed by atoms with Gasteiger partial charge in [-0.25, -0.2) is 8.78 Å². The molecule has 1 amide bonds. The molecule has 0 radical (unpaired) electrons. The summed E-state index contributed by atoms with van der Waals surface area (Å²) in [4.78, 5) is 11.9. The van der Waals surface area contributed by atoms with Crippen LogP contribution in [0.3, 0.4) is 0 Å². The summed E-state index contributed by atoms with van der Waals surface area (Å²) in [5.41, 5.74) is -0.581. The van der Waals surface area contributed by atoms with Crippen LogP contribution in [-0.2, 0) is 4.74 Å². The normalized spacial score (nSPS) is 18.6. The maximum absolute atomic E-state index is 13.7. The van der Waals surface area contributed by atoms with Crippen LogP contribution in [0.25, 0.3) is 0 Å². The highest BCUT2D eigenvalue weighted by molar-refractivity contribution is 5.94. The summed E-state index contributed by atoms with van der Waals surface area (Å²) in [7, 11) is 1.30. The number of carbonyl (C=O) groups excluding carboxylic acids is 1. The van der Waals surface area contributed by atoms with E-state index >= 15 is 0 Å². The predicted molar refractivity (Wildman–Crippen MR) is 68.8 cm³/mol. The van der Waals surface area contributed by atoms with Gasteiger partial charge in [0, 0.05) is 25.3 Å². The second-order valence-electron chi connectivity index (χ2n) is 4.76. The second-order valence-corrected chi connectivity index (χ2v) is 4.76. The minimum absolute atomic E-state index is 0.0391. The van der Waals surface area contributed by atoms with Crippen molar-refractivity contribution in [2.75, 3.05) is 26.9 Å². The van der Waals surface area contributed by atoms with Gasteiger partial charge in [0.2, 0.25) is 0 Å². The molecule has 4 nitrogen and oxygen atoms in total. The Bertz CT molecular complexity index is 464. The lowest BCUT2D eigenvalue weighted by Gasteiger charge is -2.22. The highest BCUT2D eigenvalue weighted by Gasteiger charge is 2.21. The summed E-state index contributed by atoms with van der Waals surface area (Å²) in [5.74, 6) is -2.39. The summed E-state index contributed by atoms with van der Waals surface area (Å²) < 4.78 is 37.4. The highest BCUT2D eigenvalue weighted by atomic mass is 19.1. The second kappa shape index (κ2) is 6.65. The maximum atomic E-state index is 13.7. The van der Waals surface area contributed by atoms with E-state index in [1.807, 2.05) is 0 Å². The Morgan fingerprint density at radius 3 is 2.70 bits per heavy atom. The zero-order valence-electron chi connectivity index (χ0n) is 11.2. The fourth-order valence-corrected chi connectivity index (χ4v) is 2.18. The number of ether oxygens (including phenoxy) is 2. The monoisotopic (exact) mass is 285 g/mol. The third kappa shape index (κ3) is 3.45. The van der Waals surface area contributed by atoms with Gasteiger partial charge in [0.25, 0.3) is 5.91 Å². The van der Waals surface area contributed by atoms with Crippen LogP contribution in [0.1, 0.15) is 23.2 Å². The quantitative estimate of drug-likeness (QED) is 0.922. The number of carbonyl (C=O) groups is 1. The maximum Gasteiger partial charge on any atom is 0.257 e. The van der Waals surface area contributed by atoms with Gasteiger partial charge in [-0.1, -0.05) is 0 Å². The average Bonchev–Trinajstić information content (AvgIpc) is 2.45. The fraction of sp³-hybridized carbons (Fsp3) is 0.500. The largest absolute Gasteiger partial charge is 0.497 e. The van der Waals surface area contributed by atoms with Gasteiger partial charge in [0.05, 0.1) is 13.7 Å². The van der Waals surface area contributed by atoms with Crippen LogP contribution in [0.15, 0.2) is 12.1 Å². The van der Waals surface area contributed by atoms with Gasteiger partial charge >= 0.3 is 0 Å². The molecule has 1 N–H and O–H groups in total. The molecule has 1 aromatic rings. The molecule has 20 heavy (non-hydrogen) atoms. The fourth-order valence-electron chi connectivity index (χ4n) is 2.18. The lowest BCUT2D eigenvalue weighted by atomic mass is 10.0. The number of hydrogen-bond donors (Lipinski definition) is 1. The van der Waals surface area contributed by atoms with Crippen molar-refractivity contribution < 1.29 is 23.0 Å². The minimum Gasteiger partial charge on any atom is -0.497 e. The van der Waals surface area contributed by atoms with Crippen LogP contribution in [0.4, 0.5) is 8.78 Å². The van der Waals surface area contributed by atoms with E-state index in [-0.39, 0.29) is 11.7 Å². The van der Waals surface area contributed by atoms with E-state index in [1.54, 1.807) is 0 Å². The molecule has 1 heterocycles. The Labute approximate surface area is 116 Å². The Balaban J connectivity index is 2.01. The van der Waals surface area contributed by atoms with Gasteiger partial charge in [-0.05, 0) is 18.8 Å². The van der Waals surface area contributed by atoms with Crippen molar-refractivity contribution in [3.8, 4) is 5.75 Å². The number of rotatable bonds is 4. The smallest absolute Gasteiger partial charge is 0.257 e. The highest BCUT2D eigenvalue weighted by Crippen LogP contribution is 2.20. The van der Waals surface area contributed by atoms with Gasteiger partial charge in [-0.3, -0.25) is 4.79 Å². The first-order valence-corrected chi connectivity index (χ1v) is 6.50. The molecule has 1 atom stereocenters. The molecular formula is C14H17F2NO3. The van der Waals surface area contributed by atoms with Gasteiger partial charge < -0.3 is 14.8 Å². The number of nitrogens with one attached hydrogen (secondary N) is 1. The molecule has 1 aliphatic rings. The molecule has 0 saturated carbocycles. The Morgan fingerprint density at radius 1 is 1.45 bits per heavy atom. The SMILES string of the molecule is COc1cc(F)c(C(=O)NC[C@@H]2CCCOC2)c(F)c1. The van der Waals surface area contributed by atoms with E-state index in [0.717, 1.165) is 31.6 Å². The first-order chi connectivity index (χ1) is 9.61. The minimum atomic E-state index is -0.931. The topological polar surface area (TPSA) is 47.6 Å². The van der Waals surface area contributed by atoms with Crippen molar-refractivity contribution in [3.63, 3.8) is 0 Å². The molecule has 1 saturated heterocycles. The summed E-state index contributed by atoms with van der Waals surface area (Å²) in [6.07, 6.45) is 1.87. The molecule has 2 rings (SSSR count). The van der Waals surface area contributed by atoms with Crippen LogP contribution in [0.2, 0.25) is 0 Å².